The third-order valence-corrected chi connectivity index (χ3v) is 4.47. The Kier molecular flexibility index (Phi) is 5.79. The van der Waals surface area contributed by atoms with Gasteiger partial charge in [-0.2, -0.15) is 5.26 Å². The molecule has 0 spiro atoms. The second-order valence-corrected chi connectivity index (χ2v) is 5.94. The molecule has 0 bridgehead atoms. The van der Waals surface area contributed by atoms with Gasteiger partial charge in [0.25, 0.3) is 0 Å². The quantitative estimate of drug-likeness (QED) is 0.895. The van der Waals surface area contributed by atoms with Crippen LogP contribution in [0.15, 0.2) is 24.3 Å². The summed E-state index contributed by atoms with van der Waals surface area (Å²) in [5.74, 6) is 0.395. The molecule has 2 N–H and O–H groups in total. The van der Waals surface area contributed by atoms with E-state index >= 15 is 0 Å². The maximum Gasteiger partial charge on any atom is 0.317 e. The maximum absolute atomic E-state index is 12.2. The van der Waals surface area contributed by atoms with Gasteiger partial charge in [-0.05, 0) is 49.3 Å². The first-order chi connectivity index (χ1) is 10.6. The van der Waals surface area contributed by atoms with E-state index < -0.39 is 0 Å². The lowest BCUT2D eigenvalue weighted by Gasteiger charge is -2.34. The number of benzene rings is 1. The minimum absolute atomic E-state index is 0.0724. The van der Waals surface area contributed by atoms with E-state index in [1.165, 1.54) is 0 Å². The SMILES string of the molecule is CN(C(=O)NCc1ccc(C#N)cc1)C1CCC(CO)CC1. The normalized spacial score (nSPS) is 21.0. The Morgan fingerprint density at radius 3 is 2.50 bits per heavy atom. The molecule has 0 aromatic heterocycles. The summed E-state index contributed by atoms with van der Waals surface area (Å²) in [6, 6.07) is 9.46. The Morgan fingerprint density at radius 1 is 1.32 bits per heavy atom. The standard InChI is InChI=1S/C17H23N3O2/c1-20(16-8-6-15(12-21)7-9-16)17(22)19-11-14-4-2-13(10-18)3-5-14/h2-5,15-16,21H,6-9,11-12H2,1H3,(H,19,22). The van der Waals surface area contributed by atoms with Crippen LogP contribution in [0.1, 0.15) is 36.8 Å². The molecule has 1 aliphatic rings. The predicted octanol–water partition coefficient (Wildman–Crippen LogP) is 2.25. The molecule has 118 valence electrons. The lowest BCUT2D eigenvalue weighted by Crippen LogP contribution is -2.45. The number of nitriles is 1. The Hall–Kier alpha value is -2.06. The fourth-order valence-corrected chi connectivity index (χ4v) is 2.88. The number of rotatable bonds is 4. The van der Waals surface area contributed by atoms with Gasteiger partial charge in [0.05, 0.1) is 11.6 Å². The molecule has 5 heteroatoms. The van der Waals surface area contributed by atoms with Crippen LogP contribution in [0.2, 0.25) is 0 Å². The van der Waals surface area contributed by atoms with Crippen LogP contribution in [0.25, 0.3) is 0 Å². The molecule has 5 nitrogen and oxygen atoms in total. The molecule has 0 aliphatic heterocycles. The van der Waals surface area contributed by atoms with E-state index in [9.17, 15) is 4.79 Å². The Morgan fingerprint density at radius 2 is 1.95 bits per heavy atom. The van der Waals surface area contributed by atoms with Crippen molar-refractivity contribution in [2.45, 2.75) is 38.3 Å². The highest BCUT2D eigenvalue weighted by molar-refractivity contribution is 5.74. The minimum Gasteiger partial charge on any atom is -0.396 e. The summed E-state index contributed by atoms with van der Waals surface area (Å²) in [6.45, 7) is 0.711. The van der Waals surface area contributed by atoms with Crippen molar-refractivity contribution >= 4 is 6.03 Å². The van der Waals surface area contributed by atoms with Crippen LogP contribution in [0.3, 0.4) is 0 Å². The number of nitrogens with one attached hydrogen (secondary N) is 1. The van der Waals surface area contributed by atoms with Crippen molar-refractivity contribution in [3.63, 3.8) is 0 Å². The number of aliphatic hydroxyl groups excluding tert-OH is 1. The number of carbonyl (C=O) groups is 1. The summed E-state index contributed by atoms with van der Waals surface area (Å²) in [5, 5.41) is 20.8. The highest BCUT2D eigenvalue weighted by Gasteiger charge is 2.25. The first kappa shape index (κ1) is 16.3. The van der Waals surface area contributed by atoms with Crippen LogP contribution < -0.4 is 5.32 Å². The molecular weight excluding hydrogens is 278 g/mol. The fourth-order valence-electron chi connectivity index (χ4n) is 2.88. The number of amides is 2. The predicted molar refractivity (Wildman–Crippen MR) is 84.0 cm³/mol. The maximum atomic E-state index is 12.2. The van der Waals surface area contributed by atoms with E-state index in [1.54, 1.807) is 17.0 Å². The van der Waals surface area contributed by atoms with Gasteiger partial charge in [-0.15, -0.1) is 0 Å². The van der Waals surface area contributed by atoms with Gasteiger partial charge in [-0.1, -0.05) is 12.1 Å². The van der Waals surface area contributed by atoms with Crippen LogP contribution in [0.4, 0.5) is 4.79 Å². The highest BCUT2D eigenvalue weighted by atomic mass is 16.3. The Balaban J connectivity index is 1.80. The third kappa shape index (κ3) is 4.22. The van der Waals surface area contributed by atoms with Gasteiger partial charge in [0.15, 0.2) is 0 Å². The van der Waals surface area contributed by atoms with Gasteiger partial charge in [0.2, 0.25) is 0 Å². The second-order valence-electron chi connectivity index (χ2n) is 5.94. The van der Waals surface area contributed by atoms with Crippen LogP contribution in [0.5, 0.6) is 0 Å². The highest BCUT2D eigenvalue weighted by Crippen LogP contribution is 2.26. The average molecular weight is 301 g/mol. The van der Waals surface area contributed by atoms with Crippen molar-refractivity contribution < 1.29 is 9.90 Å². The monoisotopic (exact) mass is 301 g/mol. The molecule has 0 unspecified atom stereocenters. The zero-order chi connectivity index (χ0) is 15.9. The van der Waals surface area contributed by atoms with E-state index in [0.29, 0.717) is 18.0 Å². The van der Waals surface area contributed by atoms with Crippen molar-refractivity contribution in [2.75, 3.05) is 13.7 Å². The molecule has 1 aliphatic carbocycles. The van der Waals surface area contributed by atoms with Gasteiger partial charge in [-0.3, -0.25) is 0 Å². The molecular formula is C17H23N3O2. The zero-order valence-corrected chi connectivity index (χ0v) is 13.0. The molecule has 0 radical (unpaired) electrons. The molecule has 1 fully saturated rings. The van der Waals surface area contributed by atoms with Crippen LogP contribution >= 0.6 is 0 Å². The topological polar surface area (TPSA) is 76.4 Å². The van der Waals surface area contributed by atoms with Crippen molar-refractivity contribution in [2.24, 2.45) is 5.92 Å². The zero-order valence-electron chi connectivity index (χ0n) is 13.0. The van der Waals surface area contributed by atoms with Crippen LogP contribution in [-0.2, 0) is 6.54 Å². The number of urea groups is 1. The van der Waals surface area contributed by atoms with E-state index in [4.69, 9.17) is 10.4 Å². The second kappa shape index (κ2) is 7.81. The van der Waals surface area contributed by atoms with Gasteiger partial charge in [-0.25, -0.2) is 4.79 Å². The lowest BCUT2D eigenvalue weighted by molar-refractivity contribution is 0.134. The summed E-state index contributed by atoms with van der Waals surface area (Å²) >= 11 is 0. The molecule has 2 rings (SSSR count). The van der Waals surface area contributed by atoms with Crippen molar-refractivity contribution in [1.82, 2.24) is 10.2 Å². The molecule has 2 amide bonds. The minimum atomic E-state index is -0.0724. The fraction of sp³-hybridized carbons (Fsp3) is 0.529. The van der Waals surface area contributed by atoms with E-state index in [1.807, 2.05) is 19.2 Å². The summed E-state index contributed by atoms with van der Waals surface area (Å²) in [4.78, 5) is 14.0. The number of nitrogens with zero attached hydrogens (tertiary/aromatic N) is 2. The molecule has 1 aromatic rings. The smallest absolute Gasteiger partial charge is 0.317 e. The molecule has 22 heavy (non-hydrogen) atoms. The summed E-state index contributed by atoms with van der Waals surface area (Å²) in [6.07, 6.45) is 3.86. The van der Waals surface area contributed by atoms with Gasteiger partial charge < -0.3 is 15.3 Å². The van der Waals surface area contributed by atoms with Gasteiger partial charge in [0, 0.05) is 26.2 Å². The Labute approximate surface area is 131 Å². The first-order valence-corrected chi connectivity index (χ1v) is 7.74. The summed E-state index contributed by atoms with van der Waals surface area (Å²) < 4.78 is 0. The first-order valence-electron chi connectivity index (χ1n) is 7.74. The van der Waals surface area contributed by atoms with E-state index in [2.05, 4.69) is 11.4 Å². The van der Waals surface area contributed by atoms with Crippen LogP contribution in [-0.4, -0.2) is 35.7 Å². The van der Waals surface area contributed by atoms with Crippen molar-refractivity contribution in [3.8, 4) is 6.07 Å². The van der Waals surface area contributed by atoms with Gasteiger partial charge >= 0.3 is 6.03 Å². The molecule has 1 aromatic carbocycles. The largest absolute Gasteiger partial charge is 0.396 e. The molecule has 0 saturated heterocycles. The molecule has 1 saturated carbocycles. The van der Waals surface area contributed by atoms with E-state index in [-0.39, 0.29) is 18.7 Å². The third-order valence-electron chi connectivity index (χ3n) is 4.47. The number of hydrogen-bond acceptors (Lipinski definition) is 3. The Bertz CT molecular complexity index is 528. The van der Waals surface area contributed by atoms with E-state index in [0.717, 1.165) is 31.2 Å². The number of aliphatic hydroxyl groups is 1. The number of carbonyl (C=O) groups excluding carboxylic acids is 1. The van der Waals surface area contributed by atoms with Crippen molar-refractivity contribution in [1.29, 1.82) is 5.26 Å². The molecule has 0 atom stereocenters. The molecule has 0 heterocycles. The average Bonchev–Trinajstić information content (AvgIpc) is 2.59. The summed E-state index contributed by atoms with van der Waals surface area (Å²) in [7, 11) is 1.83. The van der Waals surface area contributed by atoms with Crippen molar-refractivity contribution in [3.05, 3.63) is 35.4 Å². The van der Waals surface area contributed by atoms with Crippen LogP contribution in [0, 0.1) is 17.2 Å². The number of hydrogen-bond donors (Lipinski definition) is 2. The van der Waals surface area contributed by atoms with Gasteiger partial charge in [0.1, 0.15) is 0 Å². The lowest BCUT2D eigenvalue weighted by atomic mass is 9.86. The summed E-state index contributed by atoms with van der Waals surface area (Å²) in [5.41, 5.74) is 1.59.